The van der Waals surface area contributed by atoms with E-state index in [0.717, 1.165) is 6.42 Å². The van der Waals surface area contributed by atoms with Gasteiger partial charge < -0.3 is 10.2 Å². The Balaban J connectivity index is 1.69. The lowest BCUT2D eigenvalue weighted by Gasteiger charge is -2.35. The quantitative estimate of drug-likeness (QED) is 0.722. The fourth-order valence-corrected chi connectivity index (χ4v) is 3.35. The second kappa shape index (κ2) is 7.12. The lowest BCUT2D eigenvalue weighted by atomic mass is 9.88. The van der Waals surface area contributed by atoms with E-state index in [1.165, 1.54) is 12.3 Å². The van der Waals surface area contributed by atoms with Crippen LogP contribution in [0.5, 0.6) is 0 Å². The van der Waals surface area contributed by atoms with E-state index >= 15 is 0 Å². The van der Waals surface area contributed by atoms with E-state index in [-0.39, 0.29) is 30.3 Å². The van der Waals surface area contributed by atoms with Crippen LogP contribution in [0.3, 0.4) is 0 Å². The van der Waals surface area contributed by atoms with Gasteiger partial charge in [-0.05, 0) is 18.9 Å². The molecule has 3 N–H and O–H groups in total. The Bertz CT molecular complexity index is 626. The number of carbonyl (C=O) groups is 1. The molecule has 0 saturated carbocycles. The third-order valence-electron chi connectivity index (χ3n) is 4.69. The Kier molecular flexibility index (Phi) is 5.09. The molecule has 138 valence electrons. The number of amides is 1. The van der Waals surface area contributed by atoms with Gasteiger partial charge in [-0.3, -0.25) is 10.2 Å². The Morgan fingerprint density at radius 3 is 2.96 bits per heavy atom. The summed E-state index contributed by atoms with van der Waals surface area (Å²) in [4.78, 5) is 22.4. The molecule has 2 aliphatic rings. The van der Waals surface area contributed by atoms with Crippen molar-refractivity contribution in [1.29, 1.82) is 0 Å². The maximum Gasteiger partial charge on any atom is 0.389 e. The van der Waals surface area contributed by atoms with Crippen molar-refractivity contribution in [3.63, 3.8) is 0 Å². The van der Waals surface area contributed by atoms with Crippen molar-refractivity contribution in [3.8, 4) is 0 Å². The van der Waals surface area contributed by atoms with Crippen LogP contribution in [0.15, 0.2) is 12.3 Å². The highest BCUT2D eigenvalue weighted by Crippen LogP contribution is 2.27. The number of nitrogens with one attached hydrogen (secondary N) is 3. The number of nitrogens with zero attached hydrogens (tertiary/aromatic N) is 3. The molecule has 2 fully saturated rings. The molecule has 0 bridgehead atoms. The minimum atomic E-state index is -4.20. The highest BCUT2D eigenvalue weighted by atomic mass is 19.4. The van der Waals surface area contributed by atoms with Crippen LogP contribution in [0.2, 0.25) is 0 Å². The van der Waals surface area contributed by atoms with Crippen LogP contribution in [0, 0.1) is 5.92 Å². The largest absolute Gasteiger partial charge is 0.389 e. The Hall–Kier alpha value is -1.94. The number of carbonyl (C=O) groups excluding carboxylic acids is 1. The average Bonchev–Trinajstić information content (AvgIpc) is 3.02. The molecule has 2 saturated heterocycles. The van der Waals surface area contributed by atoms with Gasteiger partial charge in [0.2, 0.25) is 11.9 Å². The minimum Gasteiger partial charge on any atom is -0.358 e. The number of likely N-dealkylation sites (N-methyl/N-ethyl adjacent to an activating group) is 1. The van der Waals surface area contributed by atoms with Gasteiger partial charge in [-0.2, -0.15) is 13.2 Å². The smallest absolute Gasteiger partial charge is 0.358 e. The molecule has 2 aliphatic heterocycles. The zero-order valence-electron chi connectivity index (χ0n) is 13.8. The van der Waals surface area contributed by atoms with Crippen LogP contribution < -0.4 is 21.1 Å². The lowest BCUT2D eigenvalue weighted by Crippen LogP contribution is -2.50. The Morgan fingerprint density at radius 2 is 2.24 bits per heavy atom. The first-order valence-electron chi connectivity index (χ1n) is 8.23. The summed E-state index contributed by atoms with van der Waals surface area (Å²) in [5, 5.41) is 2.64. The zero-order chi connectivity index (χ0) is 18.0. The number of hydrazine groups is 1. The molecule has 0 spiro atoms. The van der Waals surface area contributed by atoms with E-state index in [1.54, 1.807) is 7.05 Å². The number of halogens is 3. The molecule has 1 amide bonds. The summed E-state index contributed by atoms with van der Waals surface area (Å²) < 4.78 is 37.2. The van der Waals surface area contributed by atoms with Gasteiger partial charge in [0.15, 0.2) is 0 Å². The van der Waals surface area contributed by atoms with E-state index in [2.05, 4.69) is 26.1 Å². The van der Waals surface area contributed by atoms with Crippen LogP contribution in [0.1, 0.15) is 18.5 Å². The third kappa shape index (κ3) is 4.18. The van der Waals surface area contributed by atoms with Crippen molar-refractivity contribution in [2.75, 3.05) is 25.0 Å². The van der Waals surface area contributed by atoms with Gasteiger partial charge in [0.1, 0.15) is 6.04 Å². The molecule has 7 nitrogen and oxygen atoms in total. The van der Waals surface area contributed by atoms with Crippen LogP contribution >= 0.6 is 0 Å². The predicted molar refractivity (Wildman–Crippen MR) is 84.6 cm³/mol. The molecular weight excluding hydrogens is 337 g/mol. The molecule has 0 aromatic carbocycles. The molecule has 1 aromatic heterocycles. The summed E-state index contributed by atoms with van der Waals surface area (Å²) in [6.45, 7) is 1.24. The highest BCUT2D eigenvalue weighted by molar-refractivity contribution is 5.82. The third-order valence-corrected chi connectivity index (χ3v) is 4.69. The van der Waals surface area contributed by atoms with Crippen molar-refractivity contribution >= 4 is 11.9 Å². The van der Waals surface area contributed by atoms with Crippen molar-refractivity contribution in [3.05, 3.63) is 18.0 Å². The summed E-state index contributed by atoms with van der Waals surface area (Å²) in [5.74, 6) is 0.360. The normalized spacial score (nSPS) is 26.4. The van der Waals surface area contributed by atoms with Crippen molar-refractivity contribution in [2.24, 2.45) is 5.92 Å². The molecule has 3 unspecified atom stereocenters. The SMILES string of the molecule is CNC(=O)C1NNC2CCN(c3nccc(CCC(F)(F)F)n3)CC21. The summed E-state index contributed by atoms with van der Waals surface area (Å²) in [6, 6.07) is 1.33. The first-order valence-corrected chi connectivity index (χ1v) is 8.23. The zero-order valence-corrected chi connectivity index (χ0v) is 13.8. The molecule has 3 rings (SSSR count). The molecular formula is C15H21F3N6O. The molecule has 0 radical (unpaired) electrons. The number of fused-ring (bicyclic) bond motifs is 1. The van der Waals surface area contributed by atoms with Crippen molar-refractivity contribution in [2.45, 2.75) is 37.5 Å². The van der Waals surface area contributed by atoms with E-state index in [4.69, 9.17) is 0 Å². The number of hydrogen-bond donors (Lipinski definition) is 3. The van der Waals surface area contributed by atoms with Gasteiger partial charge in [-0.15, -0.1) is 0 Å². The number of rotatable bonds is 4. The standard InChI is InChI=1S/C15H21F3N6O/c1-19-13(25)12-10-8-24(7-4-11(10)22-23-12)14-20-6-3-9(21-14)2-5-15(16,17)18/h3,6,10-12,22-23H,2,4-5,7-8H2,1H3,(H,19,25). The molecule has 10 heteroatoms. The predicted octanol–water partition coefficient (Wildman–Crippen LogP) is 0.389. The number of hydrogen-bond acceptors (Lipinski definition) is 6. The van der Waals surface area contributed by atoms with Gasteiger partial charge in [-0.1, -0.05) is 0 Å². The molecule has 1 aromatic rings. The van der Waals surface area contributed by atoms with Crippen molar-refractivity contribution < 1.29 is 18.0 Å². The first-order chi connectivity index (χ1) is 11.9. The summed E-state index contributed by atoms with van der Waals surface area (Å²) in [7, 11) is 1.59. The summed E-state index contributed by atoms with van der Waals surface area (Å²) in [6.07, 6.45) is -2.99. The molecule has 3 atom stereocenters. The van der Waals surface area contributed by atoms with Gasteiger partial charge >= 0.3 is 6.18 Å². The molecule has 0 aliphatic carbocycles. The summed E-state index contributed by atoms with van der Waals surface area (Å²) in [5.41, 5.74) is 6.53. The molecule has 3 heterocycles. The first kappa shape index (κ1) is 17.9. The number of piperidine rings is 1. The highest BCUT2D eigenvalue weighted by Gasteiger charge is 2.43. The molecule has 25 heavy (non-hydrogen) atoms. The maximum atomic E-state index is 12.4. The average molecular weight is 358 g/mol. The van der Waals surface area contributed by atoms with Gasteiger partial charge in [0.05, 0.1) is 0 Å². The van der Waals surface area contributed by atoms with Gasteiger partial charge in [0, 0.05) is 50.4 Å². The second-order valence-corrected chi connectivity index (χ2v) is 6.35. The number of aromatic nitrogens is 2. The van der Waals surface area contributed by atoms with Crippen LogP contribution in [-0.4, -0.2) is 54.3 Å². The number of anilines is 1. The Labute approximate surface area is 143 Å². The van der Waals surface area contributed by atoms with Crippen molar-refractivity contribution in [1.82, 2.24) is 26.1 Å². The lowest BCUT2D eigenvalue weighted by molar-refractivity contribution is -0.134. The Morgan fingerprint density at radius 1 is 1.44 bits per heavy atom. The monoisotopic (exact) mass is 358 g/mol. The number of alkyl halides is 3. The second-order valence-electron chi connectivity index (χ2n) is 6.35. The fraction of sp³-hybridized carbons (Fsp3) is 0.667. The van der Waals surface area contributed by atoms with E-state index in [9.17, 15) is 18.0 Å². The van der Waals surface area contributed by atoms with E-state index in [1.807, 2.05) is 4.90 Å². The van der Waals surface area contributed by atoms with E-state index < -0.39 is 12.6 Å². The fourth-order valence-electron chi connectivity index (χ4n) is 3.35. The topological polar surface area (TPSA) is 82.2 Å². The number of aryl methyl sites for hydroxylation is 1. The summed E-state index contributed by atoms with van der Waals surface area (Å²) >= 11 is 0. The van der Waals surface area contributed by atoms with Crippen LogP contribution in [0.25, 0.3) is 0 Å². The van der Waals surface area contributed by atoms with Crippen LogP contribution in [-0.2, 0) is 11.2 Å². The maximum absolute atomic E-state index is 12.4. The minimum absolute atomic E-state index is 0.0381. The van der Waals surface area contributed by atoms with E-state index in [0.29, 0.717) is 24.7 Å². The van der Waals surface area contributed by atoms with Gasteiger partial charge in [-0.25, -0.2) is 15.4 Å². The van der Waals surface area contributed by atoms with Gasteiger partial charge in [0.25, 0.3) is 0 Å². The van der Waals surface area contributed by atoms with Crippen LogP contribution in [0.4, 0.5) is 19.1 Å².